The van der Waals surface area contributed by atoms with Crippen molar-refractivity contribution in [2.75, 3.05) is 0 Å². The van der Waals surface area contributed by atoms with E-state index in [1.54, 1.807) is 0 Å². The molecule has 4 nitrogen and oxygen atoms in total. The van der Waals surface area contributed by atoms with Crippen molar-refractivity contribution >= 4 is 33.6 Å². The van der Waals surface area contributed by atoms with Gasteiger partial charge in [-0.3, -0.25) is 9.48 Å². The highest BCUT2D eigenvalue weighted by Gasteiger charge is 2.30. The molecule has 1 aromatic heterocycles. The van der Waals surface area contributed by atoms with Crippen LogP contribution in [0.2, 0.25) is 0 Å². The van der Waals surface area contributed by atoms with Gasteiger partial charge in [-0.1, -0.05) is 30.3 Å². The zero-order chi connectivity index (χ0) is 19.4. The van der Waals surface area contributed by atoms with E-state index in [9.17, 15) is 13.6 Å². The van der Waals surface area contributed by atoms with Gasteiger partial charge in [-0.2, -0.15) is 13.9 Å². The van der Waals surface area contributed by atoms with Gasteiger partial charge < -0.3 is 5.32 Å². The minimum Gasteiger partial charge on any atom is -0.344 e. The molecule has 0 saturated heterocycles. The van der Waals surface area contributed by atoms with Crippen molar-refractivity contribution in [3.05, 3.63) is 37.8 Å². The molecule has 0 radical (unpaired) electrons. The van der Waals surface area contributed by atoms with Crippen molar-refractivity contribution in [3.8, 4) is 0 Å². The number of allylic oxidation sites excluding steroid dienone is 2. The zero-order valence-electron chi connectivity index (χ0n) is 15.3. The molecule has 0 saturated carbocycles. The van der Waals surface area contributed by atoms with E-state index in [4.69, 9.17) is 0 Å². The first-order chi connectivity index (χ1) is 11.5. The van der Waals surface area contributed by atoms with Gasteiger partial charge in [-0.15, -0.1) is 0 Å². The zero-order valence-corrected chi connectivity index (χ0v) is 17.7. The summed E-state index contributed by atoms with van der Waals surface area (Å²) in [5, 5.41) is 6.57. The minimum atomic E-state index is -3.08. The van der Waals surface area contributed by atoms with Gasteiger partial charge in [0.2, 0.25) is 0 Å². The Labute approximate surface area is 160 Å². The third kappa shape index (κ3) is 5.95. The quantitative estimate of drug-likeness (QED) is 0.629. The fraction of sp³-hybridized carbons (Fsp3) is 0.529. The smallest absolute Gasteiger partial charge is 0.288 e. The molecule has 25 heavy (non-hydrogen) atoms. The lowest BCUT2D eigenvalue weighted by Gasteiger charge is -2.17. The van der Waals surface area contributed by atoms with Crippen molar-refractivity contribution in [2.45, 2.75) is 53.0 Å². The third-order valence-corrected chi connectivity index (χ3v) is 6.21. The first kappa shape index (κ1) is 21.9. The molecule has 1 heterocycles. The van der Waals surface area contributed by atoms with Gasteiger partial charge in [-0.05, 0) is 49.2 Å². The number of rotatable bonds is 7. The fourth-order valence-electron chi connectivity index (χ4n) is 1.96. The maximum absolute atomic E-state index is 13.4. The summed E-state index contributed by atoms with van der Waals surface area (Å²) in [7, 11) is 1.48. The second-order valence-electron chi connectivity index (χ2n) is 5.82. The first-order valence-corrected chi connectivity index (χ1v) is 9.54. The summed E-state index contributed by atoms with van der Waals surface area (Å²) in [6, 6.07) is 0.863. The molecule has 0 aliphatic heterocycles. The monoisotopic (exact) mass is 435 g/mol. The number of carbonyl (C=O) groups excluding carboxylic acids is 1. The summed E-state index contributed by atoms with van der Waals surface area (Å²) < 4.78 is 28.9. The van der Waals surface area contributed by atoms with Gasteiger partial charge >= 0.3 is 0 Å². The standard InChI is InChI=1S/C17H24BrF2N3OS/c1-7-10(3)15(18)25-13(8-2)11(4)21-16(24)12-9-14(17(5,19)20)22-23(12)6/h8-9,11H,7H2,1-6H3,(H,21,24)/b13-8-,15-10?. The molecule has 0 aromatic carbocycles. The van der Waals surface area contributed by atoms with Crippen LogP contribution in [0.5, 0.6) is 0 Å². The number of carbonyl (C=O) groups is 1. The topological polar surface area (TPSA) is 46.9 Å². The van der Waals surface area contributed by atoms with Gasteiger partial charge in [0.05, 0.1) is 9.86 Å². The SMILES string of the molecule is C/C=C(\SC(Br)=C(C)CC)C(C)NC(=O)c1cc(C(C)(F)F)nn1C. The van der Waals surface area contributed by atoms with Crippen LogP contribution < -0.4 is 5.32 Å². The Morgan fingerprint density at radius 3 is 2.60 bits per heavy atom. The third-order valence-electron chi connectivity index (χ3n) is 3.69. The van der Waals surface area contributed by atoms with Crippen molar-refractivity contribution in [2.24, 2.45) is 7.05 Å². The number of alkyl halides is 2. The van der Waals surface area contributed by atoms with Gasteiger partial charge in [-0.25, -0.2) is 0 Å². The molecule has 140 valence electrons. The minimum absolute atomic E-state index is 0.100. The predicted octanol–water partition coefficient (Wildman–Crippen LogP) is 5.32. The van der Waals surface area contributed by atoms with Gasteiger partial charge in [0.15, 0.2) is 0 Å². The highest BCUT2D eigenvalue weighted by molar-refractivity contribution is 9.14. The Kier molecular flexibility index (Phi) is 7.87. The molecule has 1 unspecified atom stereocenters. The van der Waals surface area contributed by atoms with Gasteiger partial charge in [0.25, 0.3) is 11.8 Å². The van der Waals surface area contributed by atoms with Crippen molar-refractivity contribution in [3.63, 3.8) is 0 Å². The number of nitrogens with zero attached hydrogens (tertiary/aromatic N) is 2. The van der Waals surface area contributed by atoms with E-state index in [-0.39, 0.29) is 11.7 Å². The lowest BCUT2D eigenvalue weighted by Crippen LogP contribution is -2.34. The van der Waals surface area contributed by atoms with Crippen LogP contribution in [0.1, 0.15) is 57.2 Å². The Morgan fingerprint density at radius 2 is 2.16 bits per heavy atom. The normalized spacial score (nSPS) is 15.0. The molecular weight excluding hydrogens is 412 g/mol. The molecule has 0 fully saturated rings. The van der Waals surface area contributed by atoms with E-state index in [2.05, 4.69) is 33.3 Å². The largest absolute Gasteiger partial charge is 0.344 e. The summed E-state index contributed by atoms with van der Waals surface area (Å²) in [6.45, 7) is 8.62. The van der Waals surface area contributed by atoms with Crippen LogP contribution in [0.25, 0.3) is 0 Å². The number of halogens is 3. The maximum atomic E-state index is 13.4. The Hall–Kier alpha value is -1.15. The van der Waals surface area contributed by atoms with Crippen LogP contribution in [0.15, 0.2) is 26.4 Å². The van der Waals surface area contributed by atoms with Crippen LogP contribution in [0.3, 0.4) is 0 Å². The number of thioether (sulfide) groups is 1. The number of nitrogens with one attached hydrogen (secondary N) is 1. The Bertz CT molecular complexity index is 693. The lowest BCUT2D eigenvalue weighted by atomic mass is 10.2. The molecule has 0 aliphatic rings. The average molecular weight is 436 g/mol. The molecule has 1 aromatic rings. The van der Waals surface area contributed by atoms with Crippen LogP contribution in [-0.2, 0) is 13.0 Å². The highest BCUT2D eigenvalue weighted by Crippen LogP contribution is 2.35. The van der Waals surface area contributed by atoms with Gasteiger partial charge in [0.1, 0.15) is 11.4 Å². The molecular formula is C17H24BrF2N3OS. The predicted molar refractivity (Wildman–Crippen MR) is 103 cm³/mol. The summed E-state index contributed by atoms with van der Waals surface area (Å²) in [5.41, 5.74) is 0.894. The number of aromatic nitrogens is 2. The van der Waals surface area contributed by atoms with Crippen LogP contribution >= 0.6 is 27.7 Å². The molecule has 1 amide bonds. The van der Waals surface area contributed by atoms with Crippen molar-refractivity contribution < 1.29 is 13.6 Å². The number of hydrogen-bond donors (Lipinski definition) is 1. The fourth-order valence-corrected chi connectivity index (χ4v) is 3.68. The summed E-state index contributed by atoms with van der Waals surface area (Å²) in [4.78, 5) is 13.4. The van der Waals surface area contributed by atoms with E-state index >= 15 is 0 Å². The molecule has 0 aliphatic carbocycles. The summed E-state index contributed by atoms with van der Waals surface area (Å²) >= 11 is 5.09. The highest BCUT2D eigenvalue weighted by atomic mass is 79.9. The molecule has 0 spiro atoms. The number of hydrogen-bond acceptors (Lipinski definition) is 3. The molecule has 1 atom stereocenters. The average Bonchev–Trinajstić information content (AvgIpc) is 2.93. The van der Waals surface area contributed by atoms with E-state index in [1.165, 1.54) is 29.1 Å². The summed E-state index contributed by atoms with van der Waals surface area (Å²) in [5.74, 6) is -3.52. The second kappa shape index (κ2) is 8.98. The van der Waals surface area contributed by atoms with Crippen LogP contribution in [-0.4, -0.2) is 21.7 Å². The van der Waals surface area contributed by atoms with Crippen LogP contribution in [0, 0.1) is 0 Å². The van der Waals surface area contributed by atoms with E-state index in [1.807, 2.05) is 26.8 Å². The van der Waals surface area contributed by atoms with E-state index in [0.717, 1.165) is 28.1 Å². The van der Waals surface area contributed by atoms with E-state index in [0.29, 0.717) is 0 Å². The van der Waals surface area contributed by atoms with Crippen molar-refractivity contribution in [1.29, 1.82) is 0 Å². The molecule has 1 rings (SSSR count). The van der Waals surface area contributed by atoms with E-state index < -0.39 is 17.5 Å². The second-order valence-corrected chi connectivity index (χ2v) is 8.22. The molecule has 0 bridgehead atoms. The Balaban J connectivity index is 2.91. The molecule has 1 N–H and O–H groups in total. The number of amides is 1. The lowest BCUT2D eigenvalue weighted by molar-refractivity contribution is 0.0122. The van der Waals surface area contributed by atoms with Gasteiger partial charge in [0, 0.05) is 18.9 Å². The number of aryl methyl sites for hydroxylation is 1. The maximum Gasteiger partial charge on any atom is 0.288 e. The Morgan fingerprint density at radius 1 is 1.56 bits per heavy atom. The summed E-state index contributed by atoms with van der Waals surface area (Å²) in [6.07, 6.45) is 2.85. The molecule has 8 heteroatoms. The van der Waals surface area contributed by atoms with Crippen LogP contribution in [0.4, 0.5) is 8.78 Å². The first-order valence-electron chi connectivity index (χ1n) is 7.93. The van der Waals surface area contributed by atoms with Crippen molar-refractivity contribution in [1.82, 2.24) is 15.1 Å².